The first-order valence-corrected chi connectivity index (χ1v) is 21.5. The van der Waals surface area contributed by atoms with Gasteiger partial charge < -0.3 is 13.5 Å². The molecular weight excluding hydrogens is 747 g/mol. The number of fused-ring (bicyclic) bond motifs is 20. The summed E-state index contributed by atoms with van der Waals surface area (Å²) in [5, 5.41) is 18.0. The van der Waals surface area contributed by atoms with Crippen LogP contribution in [0.15, 0.2) is 188 Å². The van der Waals surface area contributed by atoms with Crippen LogP contribution in [-0.2, 0) is 0 Å². The number of aromatic nitrogens is 3. The van der Waals surface area contributed by atoms with Crippen LogP contribution >= 0.6 is 11.3 Å². The van der Waals surface area contributed by atoms with Crippen LogP contribution in [0.1, 0.15) is 0 Å². The number of nitrogens with zero attached hydrogens (tertiary/aromatic N) is 3. The van der Waals surface area contributed by atoms with Gasteiger partial charge in [0.25, 0.3) is 0 Å². The minimum Gasteiger partial charge on any atom is -0.309 e. The maximum absolute atomic E-state index is 2.62. The Morgan fingerprint density at radius 2 is 0.883 bits per heavy atom. The van der Waals surface area contributed by atoms with Crippen molar-refractivity contribution in [3.63, 3.8) is 0 Å². The molecule has 0 N–H and O–H groups in total. The molecule has 0 aliphatic heterocycles. The summed E-state index contributed by atoms with van der Waals surface area (Å²) in [4.78, 5) is 0. The molecule has 0 bridgehead atoms. The molecular formula is C56H31N3S. The van der Waals surface area contributed by atoms with E-state index in [4.69, 9.17) is 0 Å². The first-order chi connectivity index (χ1) is 29.8. The Hall–Kier alpha value is -7.66. The standard InChI is InChI=1S/C56H31N3S/c1-3-15-35-32(13-1)25-27-46-51(35)39-19-6-10-22-44(39)57(46)34-29-42-38-18-8-12-24-50(38)60-56(42)49(30-34)58-47-28-26-33-14-2-4-16-36(33)52(47)54-48(58)31-41-37-17-5-9-21-43(37)59-45-23-11-7-20-40(45)53(54)55(41)59/h1-31H. The van der Waals surface area contributed by atoms with Gasteiger partial charge in [-0.2, -0.15) is 0 Å². The third-order valence-corrected chi connectivity index (χ3v) is 14.7. The van der Waals surface area contributed by atoms with Crippen LogP contribution in [0, 0.1) is 0 Å². The number of thiophene rings is 1. The van der Waals surface area contributed by atoms with Crippen LogP contribution in [0.4, 0.5) is 0 Å². The van der Waals surface area contributed by atoms with Crippen LogP contribution in [0.5, 0.6) is 0 Å². The number of rotatable bonds is 2. The van der Waals surface area contributed by atoms with E-state index in [1.54, 1.807) is 0 Å². The second-order valence-corrected chi connectivity index (χ2v) is 17.5. The normalized spacial score (nSPS) is 12.7. The molecule has 0 fully saturated rings. The molecule has 0 aliphatic rings. The summed E-state index contributed by atoms with van der Waals surface area (Å²) >= 11 is 1.90. The van der Waals surface area contributed by atoms with Gasteiger partial charge in [-0.3, -0.25) is 0 Å². The number of hydrogen-bond donors (Lipinski definition) is 0. The molecule has 0 aliphatic carbocycles. The average molecular weight is 778 g/mol. The Morgan fingerprint density at radius 1 is 0.317 bits per heavy atom. The summed E-state index contributed by atoms with van der Waals surface area (Å²) < 4.78 is 10.2. The third kappa shape index (κ3) is 3.77. The predicted octanol–water partition coefficient (Wildman–Crippen LogP) is 15.7. The fourth-order valence-electron chi connectivity index (χ4n) is 11.1. The zero-order valence-corrected chi connectivity index (χ0v) is 33.0. The second-order valence-electron chi connectivity index (χ2n) is 16.4. The topological polar surface area (TPSA) is 14.3 Å². The van der Waals surface area contributed by atoms with Crippen molar-refractivity contribution in [3.8, 4) is 11.4 Å². The van der Waals surface area contributed by atoms with Crippen molar-refractivity contribution in [1.82, 2.24) is 13.5 Å². The van der Waals surface area contributed by atoms with Crippen molar-refractivity contribution in [2.45, 2.75) is 0 Å². The highest BCUT2D eigenvalue weighted by Crippen LogP contribution is 2.50. The van der Waals surface area contributed by atoms with Crippen molar-refractivity contribution in [1.29, 1.82) is 0 Å². The van der Waals surface area contributed by atoms with Gasteiger partial charge in [0.05, 0.1) is 49.0 Å². The molecule has 0 unspecified atom stereocenters. The van der Waals surface area contributed by atoms with Crippen LogP contribution in [-0.4, -0.2) is 13.5 Å². The van der Waals surface area contributed by atoms with E-state index in [9.17, 15) is 0 Å². The van der Waals surface area contributed by atoms with Crippen molar-refractivity contribution < 1.29 is 0 Å². The van der Waals surface area contributed by atoms with Crippen molar-refractivity contribution in [2.75, 3.05) is 0 Å². The van der Waals surface area contributed by atoms with Crippen molar-refractivity contribution >= 4 is 135 Å². The number of benzene rings is 10. The van der Waals surface area contributed by atoms with E-state index >= 15 is 0 Å². The minimum atomic E-state index is 1.16. The minimum absolute atomic E-state index is 1.16. The van der Waals surface area contributed by atoms with Crippen molar-refractivity contribution in [2.24, 2.45) is 0 Å². The molecule has 15 rings (SSSR count). The molecule has 0 atom stereocenters. The smallest absolute Gasteiger partial charge is 0.0661 e. The molecule has 5 aromatic heterocycles. The van der Waals surface area contributed by atoms with Gasteiger partial charge >= 0.3 is 0 Å². The largest absolute Gasteiger partial charge is 0.309 e. The molecule has 276 valence electrons. The van der Waals surface area contributed by atoms with E-state index in [0.29, 0.717) is 0 Å². The highest BCUT2D eigenvalue weighted by atomic mass is 32.1. The van der Waals surface area contributed by atoms with Gasteiger partial charge in [-0.1, -0.05) is 133 Å². The summed E-state index contributed by atoms with van der Waals surface area (Å²) in [7, 11) is 0. The molecule has 0 saturated heterocycles. The maximum Gasteiger partial charge on any atom is 0.0661 e. The molecule has 60 heavy (non-hydrogen) atoms. The van der Waals surface area contributed by atoms with Gasteiger partial charge in [0, 0.05) is 64.2 Å². The fraction of sp³-hybridized carbons (Fsp3) is 0. The average Bonchev–Trinajstić information content (AvgIpc) is 4.10. The lowest BCUT2D eigenvalue weighted by Crippen LogP contribution is -1.99. The Bertz CT molecular complexity index is 4360. The highest BCUT2D eigenvalue weighted by Gasteiger charge is 2.27. The summed E-state index contributed by atoms with van der Waals surface area (Å²) in [6.07, 6.45) is 0. The molecule has 10 aromatic carbocycles. The molecule has 0 spiro atoms. The molecule has 0 amide bonds. The first-order valence-electron chi connectivity index (χ1n) is 20.7. The summed E-state index contributed by atoms with van der Waals surface area (Å²) in [5.74, 6) is 0. The monoisotopic (exact) mass is 777 g/mol. The van der Waals surface area contributed by atoms with Gasteiger partial charge in [-0.25, -0.2) is 0 Å². The van der Waals surface area contributed by atoms with Gasteiger partial charge in [0.15, 0.2) is 0 Å². The summed E-state index contributed by atoms with van der Waals surface area (Å²) in [6.45, 7) is 0. The summed E-state index contributed by atoms with van der Waals surface area (Å²) in [5.41, 5.74) is 11.0. The lowest BCUT2D eigenvalue weighted by Gasteiger charge is -2.15. The van der Waals surface area contributed by atoms with Gasteiger partial charge in [-0.05, 0) is 76.1 Å². The SMILES string of the molecule is c1ccc2c(c1)ccc1c2c2ccccc2n1-c1cc(-n2c3ccc4ccccc4c3c3c4c5ccccc5n5c6ccccc6c(cc32)c45)c2sc3ccccc3c2c1. The van der Waals surface area contributed by atoms with Crippen LogP contribution < -0.4 is 0 Å². The highest BCUT2D eigenvalue weighted by molar-refractivity contribution is 7.26. The van der Waals surface area contributed by atoms with E-state index in [2.05, 4.69) is 202 Å². The van der Waals surface area contributed by atoms with E-state index in [1.165, 1.54) is 129 Å². The molecule has 5 heterocycles. The molecule has 0 saturated carbocycles. The Kier molecular flexibility index (Phi) is 5.79. The molecule has 3 nitrogen and oxygen atoms in total. The van der Waals surface area contributed by atoms with Crippen LogP contribution in [0.2, 0.25) is 0 Å². The van der Waals surface area contributed by atoms with Gasteiger partial charge in [0.1, 0.15) is 0 Å². The summed E-state index contributed by atoms with van der Waals surface area (Å²) in [6, 6.07) is 70.3. The number of hydrogen-bond acceptors (Lipinski definition) is 1. The van der Waals surface area contributed by atoms with E-state index in [1.807, 2.05) is 11.3 Å². The Labute approximate surface area is 346 Å². The predicted molar refractivity (Wildman–Crippen MR) is 258 cm³/mol. The molecule has 15 aromatic rings. The van der Waals surface area contributed by atoms with Crippen molar-refractivity contribution in [3.05, 3.63) is 188 Å². The van der Waals surface area contributed by atoms with Crippen LogP contribution in [0.25, 0.3) is 135 Å². The lowest BCUT2D eigenvalue weighted by molar-refractivity contribution is 1.15. The maximum atomic E-state index is 2.62. The lowest BCUT2D eigenvalue weighted by atomic mass is 9.99. The Morgan fingerprint density at radius 3 is 1.63 bits per heavy atom. The molecule has 0 radical (unpaired) electrons. The zero-order chi connectivity index (χ0) is 38.8. The first kappa shape index (κ1) is 31.3. The van der Waals surface area contributed by atoms with Crippen LogP contribution in [0.3, 0.4) is 0 Å². The Balaban J connectivity index is 1.19. The van der Waals surface area contributed by atoms with Gasteiger partial charge in [-0.15, -0.1) is 11.3 Å². The van der Waals surface area contributed by atoms with Gasteiger partial charge in [0.2, 0.25) is 0 Å². The van der Waals surface area contributed by atoms with E-state index in [0.717, 1.165) is 5.69 Å². The quantitative estimate of drug-likeness (QED) is 0.166. The second kappa shape index (κ2) is 11.1. The van der Waals surface area contributed by atoms with E-state index < -0.39 is 0 Å². The number of para-hydroxylation sites is 3. The fourth-order valence-corrected chi connectivity index (χ4v) is 12.3. The molecule has 4 heteroatoms. The third-order valence-electron chi connectivity index (χ3n) is 13.5. The zero-order valence-electron chi connectivity index (χ0n) is 32.1. The van der Waals surface area contributed by atoms with E-state index in [-0.39, 0.29) is 0 Å².